The fourth-order valence-corrected chi connectivity index (χ4v) is 3.27. The van der Waals surface area contributed by atoms with Crippen molar-refractivity contribution in [3.8, 4) is 0 Å². The molecule has 1 aliphatic rings. The van der Waals surface area contributed by atoms with Gasteiger partial charge in [0.1, 0.15) is 12.7 Å². The van der Waals surface area contributed by atoms with Crippen LogP contribution in [-0.2, 0) is 28.3 Å². The summed E-state index contributed by atoms with van der Waals surface area (Å²) in [5, 5.41) is 0. The third-order valence-corrected chi connectivity index (χ3v) is 4.92. The maximum absolute atomic E-state index is 11.6. The molecule has 0 aliphatic carbocycles. The lowest BCUT2D eigenvalue weighted by Gasteiger charge is -2.06. The molecule has 1 fully saturated rings. The van der Waals surface area contributed by atoms with E-state index < -0.39 is 16.5 Å². The molecule has 1 aliphatic heterocycles. The molecule has 30 heavy (non-hydrogen) atoms. The highest BCUT2D eigenvalue weighted by molar-refractivity contribution is 7.82. The fourth-order valence-electron chi connectivity index (χ4n) is 2.45. The topological polar surface area (TPSA) is 78.9 Å². The minimum absolute atomic E-state index is 0.111. The van der Waals surface area contributed by atoms with Crippen molar-refractivity contribution in [2.45, 2.75) is 64.4 Å². The van der Waals surface area contributed by atoms with Gasteiger partial charge in [0.05, 0.1) is 6.61 Å². The lowest BCUT2D eigenvalue weighted by Crippen LogP contribution is -2.20. The zero-order valence-corrected chi connectivity index (χ0v) is 18.6. The molecule has 6 nitrogen and oxygen atoms in total. The maximum Gasteiger partial charge on any atom is 0.400 e. The Hall–Kier alpha value is -1.96. The molecule has 0 aromatic carbocycles. The third-order valence-electron chi connectivity index (χ3n) is 3.99. The van der Waals surface area contributed by atoms with Crippen LogP contribution in [0.2, 0.25) is 0 Å². The zero-order chi connectivity index (χ0) is 21.9. The van der Waals surface area contributed by atoms with Gasteiger partial charge in [-0.3, -0.25) is 4.79 Å². The lowest BCUT2D eigenvalue weighted by molar-refractivity contribution is -0.145. The number of esters is 1. The summed E-state index contributed by atoms with van der Waals surface area (Å²) < 4.78 is 35.8. The highest BCUT2D eigenvalue weighted by Gasteiger charge is 2.30. The molecule has 0 spiro atoms. The van der Waals surface area contributed by atoms with E-state index >= 15 is 0 Å². The van der Waals surface area contributed by atoms with Crippen molar-refractivity contribution < 1.29 is 26.3 Å². The minimum Gasteiger partial charge on any atom is -0.463 e. The number of ether oxygens (including phenoxy) is 1. The van der Waals surface area contributed by atoms with Gasteiger partial charge in [0, 0.05) is 6.42 Å². The monoisotopic (exact) mass is 438 g/mol. The van der Waals surface area contributed by atoms with E-state index in [9.17, 15) is 13.2 Å². The van der Waals surface area contributed by atoms with Crippen LogP contribution >= 0.6 is 0 Å². The van der Waals surface area contributed by atoms with Crippen LogP contribution in [0.3, 0.4) is 0 Å². The normalized spacial score (nSPS) is 19.3. The molecule has 1 saturated heterocycles. The number of hydrogen-bond donors (Lipinski definition) is 0. The minimum atomic E-state index is -3.90. The van der Waals surface area contributed by atoms with Gasteiger partial charge < -0.3 is 4.74 Å². The van der Waals surface area contributed by atoms with E-state index in [4.69, 9.17) is 4.74 Å². The molecule has 0 aromatic heterocycles. The number of unbranched alkanes of at least 4 members (excludes halogenated alkanes) is 1. The molecule has 1 rings (SSSR count). The van der Waals surface area contributed by atoms with Crippen LogP contribution in [0, 0.1) is 0 Å². The Balaban J connectivity index is 1.95. The van der Waals surface area contributed by atoms with E-state index in [0.29, 0.717) is 6.42 Å². The molecule has 0 N–H and O–H groups in total. The Kier molecular flexibility index (Phi) is 14.6. The Bertz CT molecular complexity index is 716. The predicted octanol–water partition coefficient (Wildman–Crippen LogP) is 5.11. The van der Waals surface area contributed by atoms with Crippen LogP contribution in [0.25, 0.3) is 0 Å². The van der Waals surface area contributed by atoms with E-state index in [1.807, 2.05) is 6.08 Å². The van der Waals surface area contributed by atoms with E-state index in [2.05, 4.69) is 70.0 Å². The van der Waals surface area contributed by atoms with E-state index in [-0.39, 0.29) is 25.6 Å². The Morgan fingerprint density at radius 3 is 1.93 bits per heavy atom. The van der Waals surface area contributed by atoms with Crippen molar-refractivity contribution in [2.75, 3.05) is 13.2 Å². The number of carbonyl (C=O) groups is 1. The molecule has 168 valence electrons. The standard InChI is InChI=1S/C23H34O6S/c1-2-3-4-5-6-7-8-9-10-11-12-13-14-15-16-17-18-19-23(24)27-20-22-21-28-30(25,26)29-22/h3-4,6-7,9-10,12-13,15-16,22H,2,5,8,11,14,17-21H2,1H3/b4-3-,7-6-,10-9-,13-12-,16-15-. The van der Waals surface area contributed by atoms with Gasteiger partial charge in [-0.05, 0) is 44.9 Å². The molecule has 0 bridgehead atoms. The summed E-state index contributed by atoms with van der Waals surface area (Å²) in [7, 11) is -3.90. The number of carbonyl (C=O) groups excluding carboxylic acids is 1. The summed E-state index contributed by atoms with van der Waals surface area (Å²) >= 11 is 0. The van der Waals surface area contributed by atoms with Crippen LogP contribution in [0.1, 0.15) is 58.3 Å². The number of allylic oxidation sites excluding steroid dienone is 10. The average Bonchev–Trinajstić information content (AvgIpc) is 3.07. The summed E-state index contributed by atoms with van der Waals surface area (Å²) in [6, 6.07) is 0. The van der Waals surface area contributed by atoms with Crippen LogP contribution < -0.4 is 0 Å². The number of hydrogen-bond acceptors (Lipinski definition) is 6. The second-order valence-electron chi connectivity index (χ2n) is 6.69. The van der Waals surface area contributed by atoms with Crippen LogP contribution in [-0.4, -0.2) is 33.7 Å². The highest BCUT2D eigenvalue weighted by Crippen LogP contribution is 2.13. The molecule has 0 aromatic rings. The van der Waals surface area contributed by atoms with Crippen molar-refractivity contribution in [3.05, 3.63) is 60.8 Å². The Morgan fingerprint density at radius 2 is 1.43 bits per heavy atom. The zero-order valence-electron chi connectivity index (χ0n) is 17.8. The molecular weight excluding hydrogens is 404 g/mol. The van der Waals surface area contributed by atoms with Gasteiger partial charge in [-0.15, -0.1) is 0 Å². The maximum atomic E-state index is 11.6. The molecular formula is C23H34O6S. The van der Waals surface area contributed by atoms with Crippen molar-refractivity contribution in [3.63, 3.8) is 0 Å². The van der Waals surface area contributed by atoms with Crippen molar-refractivity contribution in [1.29, 1.82) is 0 Å². The lowest BCUT2D eigenvalue weighted by atomic mass is 10.2. The van der Waals surface area contributed by atoms with E-state index in [0.717, 1.165) is 38.5 Å². The first-order chi connectivity index (χ1) is 14.5. The van der Waals surface area contributed by atoms with Gasteiger partial charge in [0.15, 0.2) is 0 Å². The molecule has 1 unspecified atom stereocenters. The smallest absolute Gasteiger partial charge is 0.400 e. The fraction of sp³-hybridized carbons (Fsp3) is 0.522. The average molecular weight is 439 g/mol. The SMILES string of the molecule is CC/C=C\C/C=C\C/C=C\C/C=C\C/C=C\CCCC(=O)OCC1COS(=O)(=O)O1. The van der Waals surface area contributed by atoms with Crippen LogP contribution in [0.4, 0.5) is 0 Å². The van der Waals surface area contributed by atoms with Crippen molar-refractivity contribution in [2.24, 2.45) is 0 Å². The summed E-state index contributed by atoms with van der Waals surface area (Å²) in [5.74, 6) is -0.366. The van der Waals surface area contributed by atoms with Gasteiger partial charge in [-0.25, -0.2) is 8.37 Å². The molecule has 1 heterocycles. The van der Waals surface area contributed by atoms with Crippen LogP contribution in [0.15, 0.2) is 60.8 Å². The molecule has 1 atom stereocenters. The van der Waals surface area contributed by atoms with E-state index in [1.165, 1.54) is 0 Å². The summed E-state index contributed by atoms with van der Waals surface area (Å²) in [4.78, 5) is 11.6. The third kappa shape index (κ3) is 15.0. The first-order valence-corrected chi connectivity index (χ1v) is 11.8. The molecule has 0 amide bonds. The molecule has 0 radical (unpaired) electrons. The summed E-state index contributed by atoms with van der Waals surface area (Å²) in [6.45, 7) is 1.91. The quantitative estimate of drug-likeness (QED) is 0.201. The predicted molar refractivity (Wildman–Crippen MR) is 119 cm³/mol. The Morgan fingerprint density at radius 1 is 0.900 bits per heavy atom. The summed E-state index contributed by atoms with van der Waals surface area (Å²) in [6.07, 6.45) is 27.3. The molecule has 7 heteroatoms. The molecule has 0 saturated carbocycles. The van der Waals surface area contributed by atoms with Gasteiger partial charge in [-0.2, -0.15) is 8.42 Å². The first-order valence-electron chi connectivity index (χ1n) is 10.5. The van der Waals surface area contributed by atoms with Gasteiger partial charge in [-0.1, -0.05) is 67.7 Å². The van der Waals surface area contributed by atoms with Crippen LogP contribution in [0.5, 0.6) is 0 Å². The highest BCUT2D eigenvalue weighted by atomic mass is 32.3. The van der Waals surface area contributed by atoms with Gasteiger partial charge in [0.2, 0.25) is 0 Å². The number of rotatable bonds is 15. The van der Waals surface area contributed by atoms with Crippen molar-refractivity contribution in [1.82, 2.24) is 0 Å². The van der Waals surface area contributed by atoms with Gasteiger partial charge in [0.25, 0.3) is 0 Å². The van der Waals surface area contributed by atoms with E-state index in [1.54, 1.807) is 0 Å². The van der Waals surface area contributed by atoms with Crippen molar-refractivity contribution >= 4 is 16.4 Å². The second-order valence-corrected chi connectivity index (χ2v) is 7.94. The second kappa shape index (κ2) is 16.8. The first kappa shape index (κ1) is 26.1. The largest absolute Gasteiger partial charge is 0.463 e. The van der Waals surface area contributed by atoms with Gasteiger partial charge >= 0.3 is 16.4 Å². The summed E-state index contributed by atoms with van der Waals surface area (Å²) in [5.41, 5.74) is 0. The Labute approximate surface area is 181 Å².